The highest BCUT2D eigenvalue weighted by atomic mass is 79.9. The number of alkyl halides is 2. The minimum Gasteiger partial charge on any atom is -0.345 e. The Kier molecular flexibility index (Phi) is 5.59. The number of halogens is 3. The summed E-state index contributed by atoms with van der Waals surface area (Å²) in [5, 5.41) is 4.09. The van der Waals surface area contributed by atoms with Crippen molar-refractivity contribution >= 4 is 37.8 Å². The summed E-state index contributed by atoms with van der Waals surface area (Å²) >= 11 is 6.75. The second-order valence-corrected chi connectivity index (χ2v) is 4.96. The number of amides is 1. The number of carbonyl (C=O) groups excluding carboxylic acids is 1. The number of carbonyl (C=O) groups is 1. The molecule has 0 aliphatic heterocycles. The number of hydrogen-bond acceptors (Lipinski definition) is 1. The van der Waals surface area contributed by atoms with Crippen molar-refractivity contribution in [1.29, 1.82) is 0 Å². The molecule has 1 N–H and O–H groups in total. The molecule has 1 amide bonds. The molecular weight excluding hydrogens is 353 g/mol. The molecule has 0 saturated heterocycles. The molecule has 94 valence electrons. The first-order valence-corrected chi connectivity index (χ1v) is 7.52. The maximum Gasteiger partial charge on any atom is 0.254 e. The van der Waals surface area contributed by atoms with E-state index in [0.717, 1.165) is 6.42 Å². The van der Waals surface area contributed by atoms with E-state index in [4.69, 9.17) is 0 Å². The van der Waals surface area contributed by atoms with Crippen LogP contribution in [-0.4, -0.2) is 22.1 Å². The monoisotopic (exact) mass is 365 g/mol. The molecule has 17 heavy (non-hydrogen) atoms. The van der Waals surface area contributed by atoms with Crippen molar-refractivity contribution in [2.45, 2.75) is 18.9 Å². The first-order chi connectivity index (χ1) is 8.08. The van der Waals surface area contributed by atoms with E-state index in [2.05, 4.69) is 37.2 Å². The van der Waals surface area contributed by atoms with Crippen LogP contribution in [0.3, 0.4) is 0 Å². The van der Waals surface area contributed by atoms with E-state index in [1.165, 1.54) is 12.1 Å². The molecule has 0 aromatic heterocycles. The largest absolute Gasteiger partial charge is 0.345 e. The van der Waals surface area contributed by atoms with Gasteiger partial charge < -0.3 is 5.32 Å². The number of rotatable bonds is 5. The van der Waals surface area contributed by atoms with Gasteiger partial charge in [0.2, 0.25) is 0 Å². The van der Waals surface area contributed by atoms with Gasteiger partial charge in [-0.3, -0.25) is 4.79 Å². The Morgan fingerprint density at radius 3 is 2.41 bits per heavy atom. The van der Waals surface area contributed by atoms with Crippen molar-refractivity contribution < 1.29 is 9.18 Å². The van der Waals surface area contributed by atoms with Gasteiger partial charge in [0.1, 0.15) is 5.82 Å². The normalized spacial score (nSPS) is 11.3. The van der Waals surface area contributed by atoms with Crippen LogP contribution in [0.25, 0.3) is 0 Å². The van der Waals surface area contributed by atoms with Crippen LogP contribution in [0.5, 0.6) is 0 Å². The van der Waals surface area contributed by atoms with E-state index in [-0.39, 0.29) is 17.0 Å². The van der Waals surface area contributed by atoms with Crippen molar-refractivity contribution in [1.82, 2.24) is 5.32 Å². The highest BCUT2D eigenvalue weighted by Gasteiger charge is 2.28. The number of benzene rings is 1. The van der Waals surface area contributed by atoms with Gasteiger partial charge in [-0.15, -0.1) is 0 Å². The summed E-state index contributed by atoms with van der Waals surface area (Å²) in [4.78, 5) is 12.0. The lowest BCUT2D eigenvalue weighted by molar-refractivity contribution is 0.0911. The Hall–Kier alpha value is -0.420. The van der Waals surface area contributed by atoms with Crippen LogP contribution in [0.15, 0.2) is 24.3 Å². The molecule has 0 radical (unpaired) electrons. The summed E-state index contributed by atoms with van der Waals surface area (Å²) < 4.78 is 13.4. The molecule has 1 aromatic carbocycles. The van der Waals surface area contributed by atoms with E-state index >= 15 is 0 Å². The molecule has 0 unspecified atom stereocenters. The number of hydrogen-bond donors (Lipinski definition) is 1. The van der Waals surface area contributed by atoms with E-state index in [0.29, 0.717) is 10.7 Å². The topological polar surface area (TPSA) is 29.1 Å². The van der Waals surface area contributed by atoms with Gasteiger partial charge in [-0.05, 0) is 18.6 Å². The Morgan fingerprint density at radius 2 is 1.94 bits per heavy atom. The predicted octanol–water partition coefficient (Wildman–Crippen LogP) is 3.49. The summed E-state index contributed by atoms with van der Waals surface area (Å²) in [6, 6.07) is 5.97. The van der Waals surface area contributed by atoms with Crippen molar-refractivity contribution in [2.75, 3.05) is 10.7 Å². The molecule has 0 bridgehead atoms. The molecule has 0 aliphatic carbocycles. The first kappa shape index (κ1) is 14.6. The summed E-state index contributed by atoms with van der Waals surface area (Å²) in [7, 11) is 0. The Bertz CT molecular complexity index is 386. The van der Waals surface area contributed by atoms with E-state index in [1.807, 2.05) is 6.92 Å². The number of nitrogens with one attached hydrogen (secondary N) is 1. The van der Waals surface area contributed by atoms with Crippen molar-refractivity contribution in [3.8, 4) is 0 Å². The molecule has 0 atom stereocenters. The molecule has 0 aliphatic rings. The van der Waals surface area contributed by atoms with Gasteiger partial charge in [0.25, 0.3) is 5.91 Å². The van der Waals surface area contributed by atoms with Gasteiger partial charge in [0.05, 0.1) is 11.1 Å². The zero-order valence-electron chi connectivity index (χ0n) is 9.47. The molecule has 0 heterocycles. The smallest absolute Gasteiger partial charge is 0.254 e. The third-order valence-electron chi connectivity index (χ3n) is 2.69. The Morgan fingerprint density at radius 1 is 1.35 bits per heavy atom. The molecule has 0 spiro atoms. The second-order valence-electron chi connectivity index (χ2n) is 3.84. The quantitative estimate of drug-likeness (QED) is 0.794. The predicted molar refractivity (Wildman–Crippen MR) is 74.5 cm³/mol. The van der Waals surface area contributed by atoms with Crippen LogP contribution >= 0.6 is 31.9 Å². The summed E-state index contributed by atoms with van der Waals surface area (Å²) in [6.07, 6.45) is 0.754. The first-order valence-electron chi connectivity index (χ1n) is 5.27. The average Bonchev–Trinajstić information content (AvgIpc) is 2.36. The van der Waals surface area contributed by atoms with Gasteiger partial charge in [-0.25, -0.2) is 4.39 Å². The van der Waals surface area contributed by atoms with Crippen LogP contribution < -0.4 is 5.32 Å². The molecule has 2 nitrogen and oxygen atoms in total. The van der Waals surface area contributed by atoms with Crippen LogP contribution in [0.4, 0.5) is 4.39 Å². The van der Waals surface area contributed by atoms with Crippen LogP contribution in [0, 0.1) is 5.82 Å². The van der Waals surface area contributed by atoms with Crippen LogP contribution in [0.1, 0.15) is 23.7 Å². The molecule has 0 fully saturated rings. The Labute approximate surface area is 117 Å². The highest BCUT2D eigenvalue weighted by molar-refractivity contribution is 9.09. The SMILES string of the molecule is CCC(CBr)(CBr)NC(=O)c1ccccc1F. The summed E-state index contributed by atoms with van der Waals surface area (Å²) in [6.45, 7) is 1.98. The summed E-state index contributed by atoms with van der Waals surface area (Å²) in [5.41, 5.74) is -0.313. The average molecular weight is 367 g/mol. The van der Waals surface area contributed by atoms with Gasteiger partial charge in [-0.1, -0.05) is 50.9 Å². The lowest BCUT2D eigenvalue weighted by atomic mass is 10.0. The molecule has 0 saturated carbocycles. The minimum absolute atomic E-state index is 0.0761. The van der Waals surface area contributed by atoms with Gasteiger partial charge in [0, 0.05) is 10.7 Å². The fraction of sp³-hybridized carbons (Fsp3) is 0.417. The van der Waals surface area contributed by atoms with Crippen molar-refractivity contribution in [3.05, 3.63) is 35.6 Å². The van der Waals surface area contributed by atoms with Gasteiger partial charge in [-0.2, -0.15) is 0 Å². The second kappa shape index (κ2) is 6.50. The fourth-order valence-electron chi connectivity index (χ4n) is 1.33. The third kappa shape index (κ3) is 3.52. The Balaban J connectivity index is 2.89. The molecule has 1 aromatic rings. The molecular formula is C12H14Br2FNO. The van der Waals surface area contributed by atoms with Crippen molar-refractivity contribution in [2.24, 2.45) is 0 Å². The van der Waals surface area contributed by atoms with E-state index in [9.17, 15) is 9.18 Å². The molecule has 5 heteroatoms. The summed E-state index contributed by atoms with van der Waals surface area (Å²) in [5.74, 6) is -0.886. The fourth-order valence-corrected chi connectivity index (χ4v) is 3.34. The highest BCUT2D eigenvalue weighted by Crippen LogP contribution is 2.18. The lowest BCUT2D eigenvalue weighted by Crippen LogP contribution is -2.51. The van der Waals surface area contributed by atoms with Gasteiger partial charge in [0.15, 0.2) is 0 Å². The minimum atomic E-state index is -0.501. The van der Waals surface area contributed by atoms with E-state index < -0.39 is 5.82 Å². The maximum absolute atomic E-state index is 13.4. The van der Waals surface area contributed by atoms with E-state index in [1.54, 1.807) is 12.1 Å². The molecule has 1 rings (SSSR count). The lowest BCUT2D eigenvalue weighted by Gasteiger charge is -2.30. The third-order valence-corrected chi connectivity index (χ3v) is 4.83. The zero-order chi connectivity index (χ0) is 12.9. The van der Waals surface area contributed by atoms with Crippen LogP contribution in [-0.2, 0) is 0 Å². The van der Waals surface area contributed by atoms with Crippen LogP contribution in [0.2, 0.25) is 0 Å². The zero-order valence-corrected chi connectivity index (χ0v) is 12.6. The van der Waals surface area contributed by atoms with Gasteiger partial charge >= 0.3 is 0 Å². The standard InChI is InChI=1S/C12H14Br2FNO/c1-2-12(7-13,8-14)16-11(17)9-5-3-4-6-10(9)15/h3-6H,2,7-8H2,1H3,(H,16,17). The maximum atomic E-state index is 13.4. The van der Waals surface area contributed by atoms with Crippen molar-refractivity contribution in [3.63, 3.8) is 0 Å².